The molecular formula is C51H36N2. The van der Waals surface area contributed by atoms with Crippen LogP contribution in [0.4, 0.5) is 0 Å². The summed E-state index contributed by atoms with van der Waals surface area (Å²) in [6, 6.07) is 67.0. The molecule has 0 atom stereocenters. The normalized spacial score (nSPS) is 13.2. The van der Waals surface area contributed by atoms with E-state index < -0.39 is 0 Å². The van der Waals surface area contributed by atoms with Gasteiger partial charge in [0.2, 0.25) is 0 Å². The summed E-state index contributed by atoms with van der Waals surface area (Å²) in [6.07, 6.45) is 0. The molecule has 0 aliphatic heterocycles. The van der Waals surface area contributed by atoms with Crippen LogP contribution in [0.2, 0.25) is 0 Å². The highest BCUT2D eigenvalue weighted by Crippen LogP contribution is 2.52. The number of nitrogens with zero attached hydrogens (tertiary/aromatic N) is 2. The summed E-state index contributed by atoms with van der Waals surface area (Å²) in [5.41, 5.74) is 17.5. The zero-order valence-electron chi connectivity index (χ0n) is 29.7. The number of para-hydroxylation sites is 3. The van der Waals surface area contributed by atoms with Crippen LogP contribution in [0.15, 0.2) is 182 Å². The number of aromatic nitrogens is 2. The summed E-state index contributed by atoms with van der Waals surface area (Å²) >= 11 is 0. The van der Waals surface area contributed by atoms with Crippen LogP contribution < -0.4 is 0 Å². The molecule has 0 unspecified atom stereocenters. The van der Waals surface area contributed by atoms with Crippen LogP contribution in [0, 0.1) is 0 Å². The Morgan fingerprint density at radius 1 is 0.321 bits per heavy atom. The molecule has 0 N–H and O–H groups in total. The van der Waals surface area contributed by atoms with Gasteiger partial charge in [-0.25, -0.2) is 0 Å². The lowest BCUT2D eigenvalue weighted by atomic mass is 9.81. The van der Waals surface area contributed by atoms with Crippen LogP contribution in [0.1, 0.15) is 25.0 Å². The maximum atomic E-state index is 2.48. The molecule has 0 saturated heterocycles. The second kappa shape index (κ2) is 11.2. The molecule has 0 bridgehead atoms. The van der Waals surface area contributed by atoms with Crippen LogP contribution >= 0.6 is 0 Å². The fraction of sp³-hybridized carbons (Fsp3) is 0.0588. The Hall–Kier alpha value is -6.64. The quantitative estimate of drug-likeness (QED) is 0.176. The van der Waals surface area contributed by atoms with Crippen molar-refractivity contribution in [3.63, 3.8) is 0 Å². The molecule has 0 fully saturated rings. The average Bonchev–Trinajstić information content (AvgIpc) is 3.80. The van der Waals surface area contributed by atoms with Crippen LogP contribution in [0.5, 0.6) is 0 Å². The van der Waals surface area contributed by atoms with E-state index in [0.717, 1.165) is 0 Å². The van der Waals surface area contributed by atoms with Gasteiger partial charge in [0.05, 0.1) is 22.1 Å². The number of hydrogen-bond acceptors (Lipinski definition) is 0. The highest BCUT2D eigenvalue weighted by Gasteiger charge is 2.37. The van der Waals surface area contributed by atoms with Gasteiger partial charge < -0.3 is 9.13 Å². The van der Waals surface area contributed by atoms with Crippen molar-refractivity contribution in [1.82, 2.24) is 9.13 Å². The monoisotopic (exact) mass is 676 g/mol. The van der Waals surface area contributed by atoms with Crippen molar-refractivity contribution in [2.45, 2.75) is 19.3 Å². The standard InChI is InChI=1S/C51H36N2/c1-51(2)45-29-35(34-24-27-48-43(28-34)40-20-12-13-21-47(40)52(48)37-16-8-4-9-17-37)22-25-39(45)42-31-44-41-26-23-36(33-14-6-3-7-15-33)30-49(41)53(50(44)32-46(42)51)38-18-10-5-11-19-38/h3-32H,1-2H3. The van der Waals surface area contributed by atoms with Crippen molar-refractivity contribution in [3.05, 3.63) is 193 Å². The highest BCUT2D eigenvalue weighted by atomic mass is 15.0. The topological polar surface area (TPSA) is 9.86 Å². The largest absolute Gasteiger partial charge is 0.309 e. The zero-order valence-corrected chi connectivity index (χ0v) is 29.7. The molecule has 10 aromatic rings. The van der Waals surface area contributed by atoms with Gasteiger partial charge in [-0.3, -0.25) is 0 Å². The summed E-state index contributed by atoms with van der Waals surface area (Å²) < 4.78 is 4.85. The van der Waals surface area contributed by atoms with Crippen molar-refractivity contribution in [2.75, 3.05) is 0 Å². The van der Waals surface area contributed by atoms with E-state index in [1.807, 2.05) is 0 Å². The molecule has 0 radical (unpaired) electrons. The predicted molar refractivity (Wildman–Crippen MR) is 224 cm³/mol. The van der Waals surface area contributed by atoms with Crippen LogP contribution in [0.3, 0.4) is 0 Å². The van der Waals surface area contributed by atoms with Crippen molar-refractivity contribution in [3.8, 4) is 44.8 Å². The molecule has 2 heterocycles. The molecule has 1 aliphatic rings. The minimum Gasteiger partial charge on any atom is -0.309 e. The van der Waals surface area contributed by atoms with E-state index >= 15 is 0 Å². The first-order valence-electron chi connectivity index (χ1n) is 18.5. The van der Waals surface area contributed by atoms with Gasteiger partial charge >= 0.3 is 0 Å². The Morgan fingerprint density at radius 2 is 0.830 bits per heavy atom. The molecule has 8 aromatic carbocycles. The second-order valence-electron chi connectivity index (χ2n) is 15.0. The van der Waals surface area contributed by atoms with E-state index in [9.17, 15) is 0 Å². The van der Waals surface area contributed by atoms with Crippen molar-refractivity contribution in [1.29, 1.82) is 0 Å². The molecule has 0 spiro atoms. The number of rotatable bonds is 4. The van der Waals surface area contributed by atoms with Crippen LogP contribution in [-0.4, -0.2) is 9.13 Å². The Balaban J connectivity index is 1.08. The number of hydrogen-bond donors (Lipinski definition) is 0. The molecule has 1 aliphatic carbocycles. The maximum absolute atomic E-state index is 2.48. The van der Waals surface area contributed by atoms with Gasteiger partial charge in [0, 0.05) is 38.3 Å². The van der Waals surface area contributed by atoms with Crippen LogP contribution in [0.25, 0.3) is 88.4 Å². The second-order valence-corrected chi connectivity index (χ2v) is 15.0. The fourth-order valence-corrected chi connectivity index (χ4v) is 9.10. The van der Waals surface area contributed by atoms with Gasteiger partial charge in [0.15, 0.2) is 0 Å². The van der Waals surface area contributed by atoms with E-state index in [1.165, 1.54) is 99.5 Å². The van der Waals surface area contributed by atoms with Crippen molar-refractivity contribution in [2.24, 2.45) is 0 Å². The summed E-state index contributed by atoms with van der Waals surface area (Å²) in [7, 11) is 0. The minimum atomic E-state index is -0.171. The van der Waals surface area contributed by atoms with E-state index in [1.54, 1.807) is 0 Å². The first kappa shape index (κ1) is 30.0. The SMILES string of the molecule is CC1(C)c2cc(-c3ccc4c(c3)c3ccccc3n4-c3ccccc3)ccc2-c2cc3c4ccc(-c5ccccc5)cc4n(-c4ccccc4)c3cc21. The lowest BCUT2D eigenvalue weighted by Gasteiger charge is -2.22. The van der Waals surface area contributed by atoms with E-state index in [2.05, 4.69) is 205 Å². The van der Waals surface area contributed by atoms with Gasteiger partial charge in [-0.05, 0) is 111 Å². The molecule has 250 valence electrons. The lowest BCUT2D eigenvalue weighted by molar-refractivity contribution is 0.661. The Bertz CT molecular complexity index is 3050. The number of fused-ring (bicyclic) bond motifs is 9. The van der Waals surface area contributed by atoms with E-state index in [4.69, 9.17) is 0 Å². The van der Waals surface area contributed by atoms with E-state index in [0.29, 0.717) is 0 Å². The van der Waals surface area contributed by atoms with Gasteiger partial charge in [-0.2, -0.15) is 0 Å². The van der Waals surface area contributed by atoms with Crippen LogP contribution in [-0.2, 0) is 5.41 Å². The molecule has 0 saturated carbocycles. The maximum Gasteiger partial charge on any atom is 0.0547 e. The summed E-state index contributed by atoms with van der Waals surface area (Å²) in [4.78, 5) is 0. The molecule has 11 rings (SSSR count). The molecule has 0 amide bonds. The Labute approximate surface area is 308 Å². The van der Waals surface area contributed by atoms with Gasteiger partial charge in [0.25, 0.3) is 0 Å². The Kier molecular flexibility index (Phi) is 6.33. The third-order valence-electron chi connectivity index (χ3n) is 11.7. The smallest absolute Gasteiger partial charge is 0.0547 e. The van der Waals surface area contributed by atoms with Gasteiger partial charge in [0.1, 0.15) is 0 Å². The van der Waals surface area contributed by atoms with Crippen molar-refractivity contribution >= 4 is 43.6 Å². The third kappa shape index (κ3) is 4.39. The Morgan fingerprint density at radius 3 is 1.58 bits per heavy atom. The number of benzene rings is 8. The zero-order chi connectivity index (χ0) is 35.3. The summed E-state index contributed by atoms with van der Waals surface area (Å²) in [5.74, 6) is 0. The average molecular weight is 677 g/mol. The first-order valence-corrected chi connectivity index (χ1v) is 18.5. The van der Waals surface area contributed by atoms with Crippen molar-refractivity contribution < 1.29 is 0 Å². The highest BCUT2D eigenvalue weighted by molar-refractivity contribution is 6.13. The molecule has 2 heteroatoms. The first-order chi connectivity index (χ1) is 26.0. The minimum absolute atomic E-state index is 0.171. The predicted octanol–water partition coefficient (Wildman–Crippen LogP) is 13.5. The fourth-order valence-electron chi connectivity index (χ4n) is 9.10. The molecular weight excluding hydrogens is 641 g/mol. The molecule has 53 heavy (non-hydrogen) atoms. The lowest BCUT2D eigenvalue weighted by Crippen LogP contribution is -2.15. The summed E-state index contributed by atoms with van der Waals surface area (Å²) in [6.45, 7) is 4.79. The molecule has 2 aromatic heterocycles. The van der Waals surface area contributed by atoms with E-state index in [-0.39, 0.29) is 5.41 Å². The molecule has 2 nitrogen and oxygen atoms in total. The third-order valence-corrected chi connectivity index (χ3v) is 11.7. The van der Waals surface area contributed by atoms with Gasteiger partial charge in [-0.1, -0.05) is 129 Å². The van der Waals surface area contributed by atoms with Gasteiger partial charge in [-0.15, -0.1) is 0 Å². The summed E-state index contributed by atoms with van der Waals surface area (Å²) in [5, 5.41) is 5.11.